The van der Waals surface area contributed by atoms with Gasteiger partial charge in [-0.25, -0.2) is 4.31 Å². The molecule has 0 N–H and O–H groups in total. The Balaban J connectivity index is 2.09. The summed E-state index contributed by atoms with van der Waals surface area (Å²) in [4.78, 5) is 17.4. The first-order valence-corrected chi connectivity index (χ1v) is 16.4. The molecule has 3 rings (SSSR count). The standard InChI is InChI=1S/C30H44N2O2S3/c1-8-10-17-30(18-11-9-2)22-32(24-15-13-12-14-16-24)25-20-26(35-7)23(19-27(25)37-31(30)5)21-36-29(3,4)28(33)34-6/h12-16,19-20H,8-11,17-18,21-22H2,1-7H3. The van der Waals surface area contributed by atoms with Gasteiger partial charge in [-0.15, -0.1) is 23.5 Å². The van der Waals surface area contributed by atoms with E-state index in [1.807, 2.05) is 25.8 Å². The SMILES string of the molecule is CCCCC1(CCCC)CN(c2ccccc2)c2cc(SC)c(CSC(C)(C)C(=O)OC)cc2SN1C. The summed E-state index contributed by atoms with van der Waals surface area (Å²) >= 11 is 5.33. The minimum Gasteiger partial charge on any atom is -0.468 e. The van der Waals surface area contributed by atoms with Gasteiger partial charge >= 0.3 is 5.97 Å². The highest BCUT2D eigenvalue weighted by molar-refractivity contribution is 8.01. The van der Waals surface area contributed by atoms with E-state index in [0.717, 1.165) is 12.3 Å². The molecule has 0 aliphatic carbocycles. The fourth-order valence-electron chi connectivity index (χ4n) is 4.91. The molecule has 4 nitrogen and oxygen atoms in total. The molecule has 0 radical (unpaired) electrons. The van der Waals surface area contributed by atoms with E-state index in [1.54, 1.807) is 23.5 Å². The second kappa shape index (κ2) is 13.7. The van der Waals surface area contributed by atoms with E-state index in [4.69, 9.17) is 4.74 Å². The van der Waals surface area contributed by atoms with Crippen LogP contribution in [-0.2, 0) is 15.3 Å². The third kappa shape index (κ3) is 7.23. The molecular formula is C30H44N2O2S3. The molecule has 1 aliphatic rings. The van der Waals surface area contributed by atoms with Crippen molar-refractivity contribution in [2.75, 3.05) is 31.9 Å². The zero-order valence-electron chi connectivity index (χ0n) is 23.6. The predicted molar refractivity (Wildman–Crippen MR) is 164 cm³/mol. The fraction of sp³-hybridized carbons (Fsp3) is 0.567. The molecule has 0 saturated heterocycles. The molecule has 204 valence electrons. The quantitative estimate of drug-likeness (QED) is 0.146. The number of methoxy groups -OCH3 is 1. The van der Waals surface area contributed by atoms with Gasteiger partial charge in [-0.05, 0) is 81.8 Å². The van der Waals surface area contributed by atoms with Crippen LogP contribution in [0, 0.1) is 0 Å². The summed E-state index contributed by atoms with van der Waals surface area (Å²) in [5, 5.41) is 0. The molecule has 0 aromatic heterocycles. The van der Waals surface area contributed by atoms with Crippen LogP contribution in [0.5, 0.6) is 0 Å². The van der Waals surface area contributed by atoms with E-state index in [2.05, 4.69) is 78.8 Å². The summed E-state index contributed by atoms with van der Waals surface area (Å²) < 4.78 is 7.02. The number of carbonyl (C=O) groups excluding carboxylic acids is 1. The number of fused-ring (bicyclic) bond motifs is 1. The predicted octanol–water partition coefficient (Wildman–Crippen LogP) is 8.80. The number of thioether (sulfide) groups is 2. The Morgan fingerprint density at radius 3 is 2.32 bits per heavy atom. The van der Waals surface area contributed by atoms with Gasteiger partial charge in [0.25, 0.3) is 0 Å². The normalized spacial score (nSPS) is 15.8. The van der Waals surface area contributed by atoms with Gasteiger partial charge < -0.3 is 9.64 Å². The number of rotatable bonds is 12. The molecule has 37 heavy (non-hydrogen) atoms. The summed E-state index contributed by atoms with van der Waals surface area (Å²) in [6, 6.07) is 15.6. The van der Waals surface area contributed by atoms with E-state index < -0.39 is 4.75 Å². The Morgan fingerprint density at radius 2 is 1.76 bits per heavy atom. The number of unbranched alkanes of at least 4 members (excludes halogenated alkanes) is 2. The molecule has 1 aliphatic heterocycles. The van der Waals surface area contributed by atoms with Crippen LogP contribution in [0.15, 0.2) is 52.3 Å². The van der Waals surface area contributed by atoms with Crippen LogP contribution in [0.3, 0.4) is 0 Å². The van der Waals surface area contributed by atoms with Crippen LogP contribution in [0.25, 0.3) is 0 Å². The molecule has 1 heterocycles. The average molecular weight is 561 g/mol. The maximum atomic E-state index is 12.3. The number of anilines is 2. The van der Waals surface area contributed by atoms with E-state index >= 15 is 0 Å². The number of carbonyl (C=O) groups is 1. The lowest BCUT2D eigenvalue weighted by Gasteiger charge is -2.42. The lowest BCUT2D eigenvalue weighted by molar-refractivity contribution is -0.142. The second-order valence-electron chi connectivity index (χ2n) is 10.4. The van der Waals surface area contributed by atoms with Crippen LogP contribution in [0.4, 0.5) is 11.4 Å². The highest BCUT2D eigenvalue weighted by atomic mass is 32.2. The van der Waals surface area contributed by atoms with Crippen LogP contribution < -0.4 is 4.90 Å². The van der Waals surface area contributed by atoms with Crippen molar-refractivity contribution in [1.29, 1.82) is 0 Å². The Bertz CT molecular complexity index is 1020. The Morgan fingerprint density at radius 1 is 1.11 bits per heavy atom. The lowest BCUT2D eigenvalue weighted by Crippen LogP contribution is -2.49. The smallest absolute Gasteiger partial charge is 0.321 e. The first-order chi connectivity index (χ1) is 17.7. The molecule has 2 aromatic carbocycles. The van der Waals surface area contributed by atoms with E-state index in [9.17, 15) is 4.79 Å². The highest BCUT2D eigenvalue weighted by Gasteiger charge is 2.40. The summed E-state index contributed by atoms with van der Waals surface area (Å²) in [6.07, 6.45) is 9.40. The number of likely N-dealkylation sites (N-methyl/N-ethyl adjacent to an activating group) is 1. The molecule has 0 bridgehead atoms. The van der Waals surface area contributed by atoms with Gasteiger partial charge in [0.2, 0.25) is 0 Å². The number of esters is 1. The number of para-hydroxylation sites is 1. The minimum absolute atomic E-state index is 0.0901. The number of benzene rings is 2. The number of hydrogen-bond donors (Lipinski definition) is 0. The van der Waals surface area contributed by atoms with Gasteiger partial charge in [0, 0.05) is 33.3 Å². The number of hydrogen-bond acceptors (Lipinski definition) is 7. The fourth-order valence-corrected chi connectivity index (χ4v) is 7.77. The minimum atomic E-state index is -0.591. The Labute approximate surface area is 237 Å². The van der Waals surface area contributed by atoms with Crippen molar-refractivity contribution < 1.29 is 9.53 Å². The molecule has 0 spiro atoms. The third-order valence-corrected chi connectivity index (χ3v) is 10.7. The maximum absolute atomic E-state index is 12.3. The van der Waals surface area contributed by atoms with Crippen molar-refractivity contribution in [3.05, 3.63) is 48.0 Å². The van der Waals surface area contributed by atoms with Crippen molar-refractivity contribution in [2.24, 2.45) is 0 Å². The molecule has 0 amide bonds. The first-order valence-electron chi connectivity index (χ1n) is 13.4. The van der Waals surface area contributed by atoms with Crippen molar-refractivity contribution in [1.82, 2.24) is 4.31 Å². The van der Waals surface area contributed by atoms with Gasteiger partial charge in [-0.1, -0.05) is 57.7 Å². The van der Waals surface area contributed by atoms with Crippen molar-refractivity contribution in [2.45, 2.75) is 92.0 Å². The number of nitrogens with zero attached hydrogens (tertiary/aromatic N) is 2. The second-order valence-corrected chi connectivity index (χ2v) is 14.0. The summed E-state index contributed by atoms with van der Waals surface area (Å²) in [5.74, 6) is 0.580. The summed E-state index contributed by atoms with van der Waals surface area (Å²) in [6.45, 7) is 9.46. The van der Waals surface area contributed by atoms with Crippen LogP contribution in [-0.4, -0.2) is 47.5 Å². The van der Waals surface area contributed by atoms with E-state index in [-0.39, 0.29) is 11.5 Å². The average Bonchev–Trinajstić information content (AvgIpc) is 3.02. The molecule has 2 aromatic rings. The molecule has 7 heteroatoms. The summed E-state index contributed by atoms with van der Waals surface area (Å²) in [7, 11) is 3.76. The number of ether oxygens (including phenoxy) is 1. The zero-order valence-corrected chi connectivity index (χ0v) is 26.1. The Hall–Kier alpha value is -1.28. The molecule has 0 atom stereocenters. The first kappa shape index (κ1) is 30.3. The Kier molecular flexibility index (Phi) is 11.2. The van der Waals surface area contributed by atoms with Crippen LogP contribution in [0.2, 0.25) is 0 Å². The van der Waals surface area contributed by atoms with Gasteiger partial charge in [0.1, 0.15) is 4.75 Å². The van der Waals surface area contributed by atoms with Gasteiger partial charge in [0.15, 0.2) is 0 Å². The van der Waals surface area contributed by atoms with Crippen molar-refractivity contribution in [3.63, 3.8) is 0 Å². The summed E-state index contributed by atoms with van der Waals surface area (Å²) in [5.41, 5.74) is 3.89. The van der Waals surface area contributed by atoms with Crippen molar-refractivity contribution >= 4 is 52.8 Å². The van der Waals surface area contributed by atoms with E-state index in [0.29, 0.717) is 0 Å². The molecule has 0 unspecified atom stereocenters. The van der Waals surface area contributed by atoms with E-state index in [1.165, 1.54) is 72.4 Å². The van der Waals surface area contributed by atoms with Gasteiger partial charge in [-0.2, -0.15) is 0 Å². The van der Waals surface area contributed by atoms with Gasteiger partial charge in [-0.3, -0.25) is 4.79 Å². The topological polar surface area (TPSA) is 32.8 Å². The third-order valence-electron chi connectivity index (χ3n) is 7.33. The maximum Gasteiger partial charge on any atom is 0.321 e. The van der Waals surface area contributed by atoms with Gasteiger partial charge in [0.05, 0.1) is 12.8 Å². The lowest BCUT2D eigenvalue weighted by atomic mass is 9.86. The zero-order chi connectivity index (χ0) is 27.1. The molecule has 0 fully saturated rings. The molecular weight excluding hydrogens is 517 g/mol. The largest absolute Gasteiger partial charge is 0.468 e. The van der Waals surface area contributed by atoms with Crippen LogP contribution in [0.1, 0.15) is 71.8 Å². The molecule has 0 saturated carbocycles. The van der Waals surface area contributed by atoms with Crippen molar-refractivity contribution in [3.8, 4) is 0 Å². The monoisotopic (exact) mass is 560 g/mol. The highest BCUT2D eigenvalue weighted by Crippen LogP contribution is 2.48. The van der Waals surface area contributed by atoms with Crippen LogP contribution >= 0.6 is 35.5 Å².